The molecule has 0 bridgehead atoms. The van der Waals surface area contributed by atoms with Crippen LogP contribution in [0.2, 0.25) is 0 Å². The minimum atomic E-state index is -0.678. The van der Waals surface area contributed by atoms with E-state index in [0.29, 0.717) is 19.6 Å². The number of nitrogens with two attached hydrogens (primary N) is 2. The number of anilines is 1. The van der Waals surface area contributed by atoms with E-state index in [4.69, 9.17) is 25.9 Å². The summed E-state index contributed by atoms with van der Waals surface area (Å²) in [5.41, 5.74) is 15.6. The first-order valence-corrected chi connectivity index (χ1v) is 11.4. The number of pyridine rings is 1. The summed E-state index contributed by atoms with van der Waals surface area (Å²) in [5, 5.41) is 2.23. The average molecular weight is 435 g/mol. The van der Waals surface area contributed by atoms with Crippen molar-refractivity contribution in [3.05, 3.63) is 59.3 Å². The predicted molar refractivity (Wildman–Crippen MR) is 130 cm³/mol. The average Bonchev–Trinajstić information content (AvgIpc) is 3.06. The summed E-state index contributed by atoms with van der Waals surface area (Å²) < 4.78 is 12.2. The highest BCUT2D eigenvalue weighted by atomic mass is 16.5. The molecule has 0 saturated heterocycles. The molecule has 4 rings (SSSR count). The number of likely N-dealkylation sites (N-methyl/N-ethyl adjacent to an activating group) is 1. The third kappa shape index (κ3) is 5.14. The van der Waals surface area contributed by atoms with E-state index >= 15 is 0 Å². The van der Waals surface area contributed by atoms with Crippen LogP contribution in [0.15, 0.2) is 42.5 Å². The Morgan fingerprint density at radius 1 is 1.22 bits per heavy atom. The number of hydrogen-bond acceptors (Lipinski definition) is 6. The van der Waals surface area contributed by atoms with Crippen LogP contribution in [0.25, 0.3) is 10.8 Å². The van der Waals surface area contributed by atoms with E-state index in [9.17, 15) is 0 Å². The lowest BCUT2D eigenvalue weighted by Gasteiger charge is -2.21. The van der Waals surface area contributed by atoms with Gasteiger partial charge >= 0.3 is 0 Å². The molecule has 1 atom stereocenters. The van der Waals surface area contributed by atoms with Crippen LogP contribution in [-0.4, -0.2) is 35.8 Å². The normalized spacial score (nSPS) is 17.5. The highest BCUT2D eigenvalue weighted by molar-refractivity contribution is 5.87. The van der Waals surface area contributed by atoms with Crippen molar-refractivity contribution < 1.29 is 9.47 Å². The zero-order chi connectivity index (χ0) is 22.7. The van der Waals surface area contributed by atoms with Crippen LogP contribution in [0.3, 0.4) is 0 Å². The maximum atomic E-state index is 6.21. The zero-order valence-electron chi connectivity index (χ0n) is 19.4. The number of aryl methyl sites for hydroxylation is 1. The molecule has 0 fully saturated rings. The van der Waals surface area contributed by atoms with Gasteiger partial charge in [-0.15, -0.1) is 0 Å². The molecule has 1 aliphatic rings. The number of hydrogen-bond donors (Lipinski definition) is 2. The summed E-state index contributed by atoms with van der Waals surface area (Å²) in [6.07, 6.45) is 3.91. The predicted octanol–water partition coefficient (Wildman–Crippen LogP) is 4.28. The zero-order valence-corrected chi connectivity index (χ0v) is 19.4. The van der Waals surface area contributed by atoms with Crippen LogP contribution >= 0.6 is 0 Å². The lowest BCUT2D eigenvalue weighted by Crippen LogP contribution is -2.40. The van der Waals surface area contributed by atoms with Crippen molar-refractivity contribution >= 4 is 16.5 Å². The molecule has 170 valence electrons. The van der Waals surface area contributed by atoms with Gasteiger partial charge in [-0.05, 0) is 56.5 Å². The molecule has 4 N–H and O–H groups in total. The fraction of sp³-hybridized carbons (Fsp3) is 0.423. The molecule has 1 aliphatic heterocycles. The largest absolute Gasteiger partial charge is 0.476 e. The topological polar surface area (TPSA) is 86.6 Å². The molecule has 6 heteroatoms. The van der Waals surface area contributed by atoms with E-state index in [1.807, 2.05) is 25.1 Å². The van der Waals surface area contributed by atoms with Crippen molar-refractivity contribution in [3.63, 3.8) is 0 Å². The van der Waals surface area contributed by atoms with Crippen molar-refractivity contribution in [2.75, 3.05) is 25.9 Å². The third-order valence-corrected chi connectivity index (χ3v) is 5.84. The van der Waals surface area contributed by atoms with Gasteiger partial charge in [0, 0.05) is 47.4 Å². The molecule has 3 aromatic rings. The summed E-state index contributed by atoms with van der Waals surface area (Å²) in [6, 6.07) is 14.4. The molecule has 0 spiro atoms. The number of ether oxygens (including phenoxy) is 2. The Bertz CT molecular complexity index is 1100. The van der Waals surface area contributed by atoms with Gasteiger partial charge in [0.15, 0.2) is 5.72 Å². The second-order valence-corrected chi connectivity index (χ2v) is 9.09. The van der Waals surface area contributed by atoms with Crippen molar-refractivity contribution in [2.24, 2.45) is 5.73 Å². The quantitative estimate of drug-likeness (QED) is 0.489. The Labute approximate surface area is 190 Å². The summed E-state index contributed by atoms with van der Waals surface area (Å²) >= 11 is 0. The van der Waals surface area contributed by atoms with Gasteiger partial charge in [-0.2, -0.15) is 0 Å². The van der Waals surface area contributed by atoms with Crippen molar-refractivity contribution in [1.82, 2.24) is 9.88 Å². The van der Waals surface area contributed by atoms with E-state index in [-0.39, 0.29) is 0 Å². The van der Waals surface area contributed by atoms with Gasteiger partial charge < -0.3 is 15.2 Å². The first-order chi connectivity index (χ1) is 15.3. The number of aromatic nitrogens is 1. The number of fused-ring (bicyclic) bond motifs is 2. The minimum Gasteiger partial charge on any atom is -0.476 e. The fourth-order valence-electron chi connectivity index (χ4n) is 4.29. The molecule has 0 saturated carbocycles. The number of unbranched alkanes of at least 4 members (excludes halogenated alkanes) is 1. The first kappa shape index (κ1) is 22.4. The maximum Gasteiger partial charge on any atom is 0.221 e. The molecule has 0 radical (unpaired) electrons. The van der Waals surface area contributed by atoms with E-state index in [1.54, 1.807) is 0 Å². The van der Waals surface area contributed by atoms with Gasteiger partial charge in [0.25, 0.3) is 0 Å². The Morgan fingerprint density at radius 2 is 2.03 bits per heavy atom. The molecule has 1 unspecified atom stereocenters. The van der Waals surface area contributed by atoms with Crippen LogP contribution in [0.4, 0.5) is 5.69 Å². The monoisotopic (exact) mass is 434 g/mol. The van der Waals surface area contributed by atoms with Crippen LogP contribution in [0, 0.1) is 0 Å². The van der Waals surface area contributed by atoms with Crippen LogP contribution < -0.4 is 20.9 Å². The molecule has 0 amide bonds. The lowest BCUT2D eigenvalue weighted by atomic mass is 10.0. The number of nitrogens with zero attached hydrogens (tertiary/aromatic N) is 2. The molecule has 2 aromatic carbocycles. The molecular formula is C26H34N4O2. The van der Waals surface area contributed by atoms with Gasteiger partial charge in [-0.1, -0.05) is 31.5 Å². The Morgan fingerprint density at radius 3 is 2.84 bits per heavy atom. The summed E-state index contributed by atoms with van der Waals surface area (Å²) in [4.78, 5) is 7.00. The SMILES string of the molecule is CCCCc1cc2ccccc2c(OCCN(C)Cc2cc(N)cc3c2OC(C)(N)C3)n1. The van der Waals surface area contributed by atoms with Crippen molar-refractivity contribution in [1.29, 1.82) is 0 Å². The van der Waals surface area contributed by atoms with E-state index in [1.165, 1.54) is 5.39 Å². The molecule has 0 aliphatic carbocycles. The Balaban J connectivity index is 1.42. The summed E-state index contributed by atoms with van der Waals surface area (Å²) in [7, 11) is 2.07. The van der Waals surface area contributed by atoms with Gasteiger partial charge in [0.2, 0.25) is 5.88 Å². The second-order valence-electron chi connectivity index (χ2n) is 9.09. The molecule has 2 heterocycles. The Hall–Kier alpha value is -2.83. The number of nitrogen functional groups attached to an aromatic ring is 1. The summed E-state index contributed by atoms with van der Waals surface area (Å²) in [6.45, 7) is 6.10. The van der Waals surface area contributed by atoms with Crippen LogP contribution in [-0.2, 0) is 19.4 Å². The number of rotatable bonds is 9. The Kier molecular flexibility index (Phi) is 6.53. The first-order valence-electron chi connectivity index (χ1n) is 11.4. The van der Waals surface area contributed by atoms with Crippen LogP contribution in [0.1, 0.15) is 43.5 Å². The van der Waals surface area contributed by atoms with Gasteiger partial charge in [-0.3, -0.25) is 10.6 Å². The molecule has 6 nitrogen and oxygen atoms in total. The minimum absolute atomic E-state index is 0.546. The highest BCUT2D eigenvalue weighted by Gasteiger charge is 2.32. The van der Waals surface area contributed by atoms with Crippen LogP contribution in [0.5, 0.6) is 11.6 Å². The van der Waals surface area contributed by atoms with Gasteiger partial charge in [0.05, 0.1) is 0 Å². The highest BCUT2D eigenvalue weighted by Crippen LogP contribution is 2.37. The van der Waals surface area contributed by atoms with Crippen molar-refractivity contribution in [3.8, 4) is 11.6 Å². The van der Waals surface area contributed by atoms with E-state index in [2.05, 4.69) is 43.1 Å². The standard InChI is InChI=1S/C26H34N4O2/c1-4-5-9-22-15-18-8-6-7-10-23(18)25(29-22)31-12-11-30(3)17-20-14-21(27)13-19-16-26(2,28)32-24(19)20/h6-8,10,13-15H,4-5,9,11-12,16-17,27-28H2,1-3H3. The van der Waals surface area contributed by atoms with Gasteiger partial charge in [0.1, 0.15) is 12.4 Å². The van der Waals surface area contributed by atoms with E-state index < -0.39 is 5.72 Å². The fourth-order valence-corrected chi connectivity index (χ4v) is 4.29. The maximum absolute atomic E-state index is 6.21. The molecular weight excluding hydrogens is 400 g/mol. The van der Waals surface area contributed by atoms with E-state index in [0.717, 1.165) is 65.3 Å². The van der Waals surface area contributed by atoms with Crippen molar-refractivity contribution in [2.45, 2.75) is 51.8 Å². The summed E-state index contributed by atoms with van der Waals surface area (Å²) in [5.74, 6) is 1.59. The van der Waals surface area contributed by atoms with Gasteiger partial charge in [-0.25, -0.2) is 4.98 Å². The number of benzene rings is 2. The molecule has 32 heavy (non-hydrogen) atoms. The third-order valence-electron chi connectivity index (χ3n) is 5.84. The second kappa shape index (κ2) is 9.35. The lowest BCUT2D eigenvalue weighted by molar-refractivity contribution is 0.121. The smallest absolute Gasteiger partial charge is 0.221 e. The molecule has 1 aromatic heterocycles.